The quantitative estimate of drug-likeness (QED) is 0.764. The third-order valence-corrected chi connectivity index (χ3v) is 2.97. The molecule has 0 spiro atoms. The van der Waals surface area contributed by atoms with Crippen molar-refractivity contribution in [2.45, 2.75) is 13.3 Å². The Hall–Kier alpha value is -1.34. The summed E-state index contributed by atoms with van der Waals surface area (Å²) in [5.74, 6) is -0.653. The van der Waals surface area contributed by atoms with Gasteiger partial charge in [0.25, 0.3) is 0 Å². The first-order valence-corrected chi connectivity index (χ1v) is 5.29. The monoisotopic (exact) mass is 208 g/mol. The van der Waals surface area contributed by atoms with Crippen molar-refractivity contribution in [1.82, 2.24) is 0 Å². The van der Waals surface area contributed by atoms with E-state index < -0.39 is 5.92 Å². The van der Waals surface area contributed by atoms with E-state index in [4.69, 9.17) is 5.26 Å². The fraction of sp³-hybridized carbons (Fsp3) is 0.400. The van der Waals surface area contributed by atoms with E-state index in [1.54, 1.807) is 11.9 Å². The van der Waals surface area contributed by atoms with E-state index in [9.17, 15) is 4.79 Å². The highest BCUT2D eigenvalue weighted by Gasteiger charge is 2.21. The molecule has 0 bridgehead atoms. The largest absolute Gasteiger partial charge is 0.306 e. The van der Waals surface area contributed by atoms with Gasteiger partial charge in [-0.2, -0.15) is 5.26 Å². The zero-order valence-corrected chi connectivity index (χ0v) is 9.04. The number of carbonyl (C=O) groups is 1. The fourth-order valence-electron chi connectivity index (χ4n) is 1.12. The van der Waals surface area contributed by atoms with Gasteiger partial charge in [0.2, 0.25) is 5.91 Å². The molecule has 0 aliphatic rings. The Morgan fingerprint density at radius 3 is 2.93 bits per heavy atom. The second-order valence-electron chi connectivity index (χ2n) is 2.94. The van der Waals surface area contributed by atoms with Gasteiger partial charge in [-0.25, -0.2) is 0 Å². The van der Waals surface area contributed by atoms with Crippen LogP contribution in [0.5, 0.6) is 0 Å². The molecule has 0 aliphatic heterocycles. The number of hydrogen-bond donors (Lipinski definition) is 0. The predicted octanol–water partition coefficient (Wildman–Crippen LogP) is 2.26. The van der Waals surface area contributed by atoms with Crippen LogP contribution in [0.25, 0.3) is 0 Å². The van der Waals surface area contributed by atoms with Gasteiger partial charge in [-0.15, -0.1) is 11.3 Å². The van der Waals surface area contributed by atoms with E-state index in [1.165, 1.54) is 11.3 Å². The molecule has 1 aromatic rings. The molecule has 0 aromatic carbocycles. The van der Waals surface area contributed by atoms with E-state index in [2.05, 4.69) is 0 Å². The SMILES string of the molecule is CCC(C#N)C(=O)N(C)c1cccs1. The lowest BCUT2D eigenvalue weighted by Crippen LogP contribution is -2.31. The summed E-state index contributed by atoms with van der Waals surface area (Å²) in [5.41, 5.74) is 0. The van der Waals surface area contributed by atoms with Crippen molar-refractivity contribution in [3.63, 3.8) is 0 Å². The Bertz CT molecular complexity index is 340. The Morgan fingerprint density at radius 2 is 2.50 bits per heavy atom. The van der Waals surface area contributed by atoms with Crippen molar-refractivity contribution >= 4 is 22.2 Å². The Labute approximate surface area is 87.6 Å². The standard InChI is InChI=1S/C10H12N2OS/c1-3-8(7-11)10(13)12(2)9-5-4-6-14-9/h4-6,8H,3H2,1-2H3. The minimum atomic E-state index is -0.526. The summed E-state index contributed by atoms with van der Waals surface area (Å²) in [6, 6.07) is 5.76. The third kappa shape index (κ3) is 2.12. The normalized spacial score (nSPS) is 11.8. The lowest BCUT2D eigenvalue weighted by atomic mass is 10.1. The van der Waals surface area contributed by atoms with Gasteiger partial charge in [0.1, 0.15) is 5.92 Å². The first-order chi connectivity index (χ1) is 6.70. The summed E-state index contributed by atoms with van der Waals surface area (Å²) in [5, 5.41) is 11.5. The molecule has 0 N–H and O–H groups in total. The topological polar surface area (TPSA) is 44.1 Å². The highest BCUT2D eigenvalue weighted by Crippen LogP contribution is 2.21. The smallest absolute Gasteiger partial charge is 0.244 e. The second kappa shape index (κ2) is 4.77. The highest BCUT2D eigenvalue weighted by molar-refractivity contribution is 7.14. The maximum Gasteiger partial charge on any atom is 0.244 e. The Kier molecular flexibility index (Phi) is 3.66. The zero-order chi connectivity index (χ0) is 10.6. The van der Waals surface area contributed by atoms with Gasteiger partial charge >= 0.3 is 0 Å². The van der Waals surface area contributed by atoms with Gasteiger partial charge in [-0.1, -0.05) is 6.92 Å². The van der Waals surface area contributed by atoms with Crippen LogP contribution in [0.1, 0.15) is 13.3 Å². The molecule has 0 fully saturated rings. The molecule has 3 nitrogen and oxygen atoms in total. The van der Waals surface area contributed by atoms with Crippen LogP contribution in [0.3, 0.4) is 0 Å². The van der Waals surface area contributed by atoms with Crippen molar-refractivity contribution in [1.29, 1.82) is 5.26 Å². The molecule has 1 aromatic heterocycles. The van der Waals surface area contributed by atoms with Gasteiger partial charge < -0.3 is 4.90 Å². The molecule has 14 heavy (non-hydrogen) atoms. The van der Waals surface area contributed by atoms with Gasteiger partial charge in [-0.3, -0.25) is 4.79 Å². The maximum atomic E-state index is 11.7. The summed E-state index contributed by atoms with van der Waals surface area (Å²) in [7, 11) is 1.70. The van der Waals surface area contributed by atoms with Crippen molar-refractivity contribution in [3.05, 3.63) is 17.5 Å². The van der Waals surface area contributed by atoms with Gasteiger partial charge in [0, 0.05) is 7.05 Å². The first kappa shape index (κ1) is 10.7. The van der Waals surface area contributed by atoms with Crippen LogP contribution in [0.2, 0.25) is 0 Å². The molecular formula is C10H12N2OS. The van der Waals surface area contributed by atoms with E-state index in [0.717, 1.165) is 5.00 Å². The molecule has 1 heterocycles. The molecule has 0 saturated heterocycles. The van der Waals surface area contributed by atoms with E-state index in [-0.39, 0.29) is 5.91 Å². The third-order valence-electron chi connectivity index (χ3n) is 2.03. The Morgan fingerprint density at radius 1 is 1.79 bits per heavy atom. The predicted molar refractivity (Wildman–Crippen MR) is 57.1 cm³/mol. The van der Waals surface area contributed by atoms with Crippen LogP contribution in [-0.4, -0.2) is 13.0 Å². The highest BCUT2D eigenvalue weighted by atomic mass is 32.1. The molecule has 0 radical (unpaired) electrons. The number of anilines is 1. The van der Waals surface area contributed by atoms with Gasteiger partial charge in [0.05, 0.1) is 11.1 Å². The summed E-state index contributed by atoms with van der Waals surface area (Å²) in [6.45, 7) is 1.84. The number of amides is 1. The molecule has 0 saturated carbocycles. The van der Waals surface area contributed by atoms with Crippen LogP contribution in [0, 0.1) is 17.2 Å². The molecule has 1 rings (SSSR count). The summed E-state index contributed by atoms with van der Waals surface area (Å²) >= 11 is 1.49. The van der Waals surface area contributed by atoms with Crippen molar-refractivity contribution in [2.75, 3.05) is 11.9 Å². The molecule has 74 valence electrons. The van der Waals surface area contributed by atoms with Crippen LogP contribution >= 0.6 is 11.3 Å². The molecule has 1 atom stereocenters. The van der Waals surface area contributed by atoms with Crippen molar-refractivity contribution in [3.8, 4) is 6.07 Å². The Balaban J connectivity index is 2.76. The minimum Gasteiger partial charge on any atom is -0.306 e. The summed E-state index contributed by atoms with van der Waals surface area (Å²) in [6.07, 6.45) is 0.561. The summed E-state index contributed by atoms with van der Waals surface area (Å²) < 4.78 is 0. The fourth-order valence-corrected chi connectivity index (χ4v) is 1.83. The molecular weight excluding hydrogens is 196 g/mol. The van der Waals surface area contributed by atoms with E-state index in [1.807, 2.05) is 30.5 Å². The van der Waals surface area contributed by atoms with Gasteiger partial charge in [-0.05, 0) is 23.9 Å². The van der Waals surface area contributed by atoms with E-state index in [0.29, 0.717) is 6.42 Å². The van der Waals surface area contributed by atoms with Gasteiger partial charge in [0.15, 0.2) is 0 Å². The second-order valence-corrected chi connectivity index (χ2v) is 3.86. The maximum absolute atomic E-state index is 11.7. The zero-order valence-electron chi connectivity index (χ0n) is 8.23. The first-order valence-electron chi connectivity index (χ1n) is 4.41. The number of nitriles is 1. The van der Waals surface area contributed by atoms with Crippen LogP contribution < -0.4 is 4.90 Å². The van der Waals surface area contributed by atoms with Crippen LogP contribution in [0.4, 0.5) is 5.00 Å². The molecule has 4 heteroatoms. The number of nitrogens with zero attached hydrogens (tertiary/aromatic N) is 2. The van der Waals surface area contributed by atoms with Crippen molar-refractivity contribution < 1.29 is 4.79 Å². The average molecular weight is 208 g/mol. The molecule has 0 aliphatic carbocycles. The lowest BCUT2D eigenvalue weighted by Gasteiger charge is -2.17. The minimum absolute atomic E-state index is 0.127. The van der Waals surface area contributed by atoms with Crippen LogP contribution in [-0.2, 0) is 4.79 Å². The lowest BCUT2D eigenvalue weighted by molar-refractivity contribution is -0.120. The number of rotatable bonds is 3. The van der Waals surface area contributed by atoms with Crippen molar-refractivity contribution in [2.24, 2.45) is 5.92 Å². The van der Waals surface area contributed by atoms with Crippen LogP contribution in [0.15, 0.2) is 17.5 Å². The average Bonchev–Trinajstić information content (AvgIpc) is 2.71. The number of hydrogen-bond acceptors (Lipinski definition) is 3. The number of thiophene rings is 1. The van der Waals surface area contributed by atoms with E-state index >= 15 is 0 Å². The molecule has 1 unspecified atom stereocenters. The number of carbonyl (C=O) groups excluding carboxylic acids is 1. The summed E-state index contributed by atoms with van der Waals surface area (Å²) in [4.78, 5) is 13.3. The molecule has 1 amide bonds.